The van der Waals surface area contributed by atoms with Crippen molar-refractivity contribution in [2.75, 3.05) is 13.2 Å². The number of benzene rings is 2. The molecule has 2 unspecified atom stereocenters. The third-order valence-corrected chi connectivity index (χ3v) is 4.24. The molecule has 2 atom stereocenters. The van der Waals surface area contributed by atoms with Crippen molar-refractivity contribution in [2.24, 2.45) is 0 Å². The van der Waals surface area contributed by atoms with Gasteiger partial charge in [-0.1, -0.05) is 59.3 Å². The van der Waals surface area contributed by atoms with E-state index >= 15 is 0 Å². The standard InChI is InChI=1S/C19H16Cl2O2/c1-13-5-2-3-6-14(13)7-4-10-22-12-18-19(23-18)16-9-8-15(20)11-17(16)21/h2-3,5-6,8-9,11,18-19H,10,12H2,1H3. The molecule has 4 heteroatoms. The molecular weight excluding hydrogens is 331 g/mol. The molecule has 2 nitrogen and oxygen atoms in total. The molecule has 118 valence electrons. The topological polar surface area (TPSA) is 21.8 Å². The Morgan fingerprint density at radius 3 is 2.78 bits per heavy atom. The van der Waals surface area contributed by atoms with Crippen LogP contribution in [0.4, 0.5) is 0 Å². The van der Waals surface area contributed by atoms with Gasteiger partial charge in [-0.2, -0.15) is 0 Å². The van der Waals surface area contributed by atoms with Gasteiger partial charge in [0.1, 0.15) is 18.8 Å². The van der Waals surface area contributed by atoms with Gasteiger partial charge >= 0.3 is 0 Å². The fourth-order valence-electron chi connectivity index (χ4n) is 2.35. The van der Waals surface area contributed by atoms with Gasteiger partial charge in [0.25, 0.3) is 0 Å². The van der Waals surface area contributed by atoms with Gasteiger partial charge in [-0.25, -0.2) is 0 Å². The SMILES string of the molecule is Cc1ccccc1C#CCOCC1OC1c1ccc(Cl)cc1Cl. The lowest BCUT2D eigenvalue weighted by molar-refractivity contribution is 0.145. The van der Waals surface area contributed by atoms with Crippen molar-refractivity contribution in [3.05, 3.63) is 69.2 Å². The molecule has 1 heterocycles. The van der Waals surface area contributed by atoms with Crippen LogP contribution in [0, 0.1) is 18.8 Å². The van der Waals surface area contributed by atoms with Crippen molar-refractivity contribution in [1.29, 1.82) is 0 Å². The minimum Gasteiger partial charge on any atom is -0.366 e. The maximum Gasteiger partial charge on any atom is 0.113 e. The molecule has 1 aliphatic heterocycles. The first kappa shape index (κ1) is 16.4. The summed E-state index contributed by atoms with van der Waals surface area (Å²) in [5.41, 5.74) is 3.16. The van der Waals surface area contributed by atoms with Crippen molar-refractivity contribution in [3.63, 3.8) is 0 Å². The van der Waals surface area contributed by atoms with E-state index in [4.69, 9.17) is 32.7 Å². The molecule has 0 spiro atoms. The number of aryl methyl sites for hydroxylation is 1. The summed E-state index contributed by atoms with van der Waals surface area (Å²) in [6, 6.07) is 13.5. The molecule has 1 saturated heterocycles. The van der Waals surface area contributed by atoms with E-state index in [2.05, 4.69) is 11.8 Å². The third kappa shape index (κ3) is 4.28. The Balaban J connectivity index is 1.46. The Labute approximate surface area is 146 Å². The van der Waals surface area contributed by atoms with E-state index in [0.717, 1.165) is 11.1 Å². The normalized spacial score (nSPS) is 19.1. The number of epoxide rings is 1. The molecule has 0 amide bonds. The fraction of sp³-hybridized carbons (Fsp3) is 0.263. The number of hydrogen-bond donors (Lipinski definition) is 0. The summed E-state index contributed by atoms with van der Waals surface area (Å²) in [7, 11) is 0. The molecule has 2 aromatic carbocycles. The zero-order valence-corrected chi connectivity index (χ0v) is 14.2. The summed E-state index contributed by atoms with van der Waals surface area (Å²) in [6.07, 6.45) is 0.0260. The lowest BCUT2D eigenvalue weighted by Gasteiger charge is -2.01. The van der Waals surface area contributed by atoms with Crippen molar-refractivity contribution in [3.8, 4) is 11.8 Å². The van der Waals surface area contributed by atoms with Crippen LogP contribution in [0.15, 0.2) is 42.5 Å². The molecule has 0 N–H and O–H groups in total. The molecule has 1 fully saturated rings. The van der Waals surface area contributed by atoms with Gasteiger partial charge in [-0.05, 0) is 30.7 Å². The molecule has 0 saturated carbocycles. The molecule has 3 rings (SSSR count). The van der Waals surface area contributed by atoms with Crippen LogP contribution < -0.4 is 0 Å². The first-order valence-corrected chi connectivity index (χ1v) is 8.13. The molecule has 2 aromatic rings. The van der Waals surface area contributed by atoms with Gasteiger partial charge in [-0.15, -0.1) is 0 Å². The van der Waals surface area contributed by atoms with Crippen molar-refractivity contribution in [2.45, 2.75) is 19.1 Å². The van der Waals surface area contributed by atoms with Gasteiger partial charge in [0.2, 0.25) is 0 Å². The number of halogens is 2. The van der Waals surface area contributed by atoms with Crippen LogP contribution in [-0.4, -0.2) is 19.3 Å². The highest BCUT2D eigenvalue weighted by molar-refractivity contribution is 6.35. The van der Waals surface area contributed by atoms with Crippen LogP contribution in [0.1, 0.15) is 22.8 Å². The van der Waals surface area contributed by atoms with Gasteiger partial charge in [0.15, 0.2) is 0 Å². The Bertz CT molecular complexity index is 761. The Kier molecular flexibility index (Phi) is 5.25. The Hall–Kier alpha value is -1.50. The molecule has 0 bridgehead atoms. The predicted molar refractivity (Wildman–Crippen MR) is 93.0 cm³/mol. The van der Waals surface area contributed by atoms with E-state index in [9.17, 15) is 0 Å². The Morgan fingerprint density at radius 2 is 2.00 bits per heavy atom. The number of rotatable bonds is 4. The highest BCUT2D eigenvalue weighted by Gasteiger charge is 2.41. The third-order valence-electron chi connectivity index (χ3n) is 3.68. The van der Waals surface area contributed by atoms with E-state index in [0.29, 0.717) is 23.3 Å². The van der Waals surface area contributed by atoms with Crippen LogP contribution >= 0.6 is 23.2 Å². The Morgan fingerprint density at radius 1 is 1.17 bits per heavy atom. The second-order valence-electron chi connectivity index (χ2n) is 5.39. The first-order valence-electron chi connectivity index (χ1n) is 7.38. The van der Waals surface area contributed by atoms with Crippen LogP contribution in [0.5, 0.6) is 0 Å². The monoisotopic (exact) mass is 346 g/mol. The van der Waals surface area contributed by atoms with Crippen molar-refractivity contribution in [1.82, 2.24) is 0 Å². The fourth-order valence-corrected chi connectivity index (χ4v) is 2.86. The van der Waals surface area contributed by atoms with E-state index in [1.807, 2.05) is 43.3 Å². The molecule has 1 aliphatic rings. The molecule has 0 aromatic heterocycles. The summed E-state index contributed by atoms with van der Waals surface area (Å²) in [6.45, 7) is 2.94. The highest BCUT2D eigenvalue weighted by atomic mass is 35.5. The largest absolute Gasteiger partial charge is 0.366 e. The lowest BCUT2D eigenvalue weighted by Crippen LogP contribution is -2.03. The van der Waals surface area contributed by atoms with E-state index in [1.165, 1.54) is 5.56 Å². The quantitative estimate of drug-likeness (QED) is 0.450. The predicted octanol–water partition coefficient (Wildman–Crippen LogP) is 4.81. The van der Waals surface area contributed by atoms with E-state index in [1.54, 1.807) is 6.07 Å². The van der Waals surface area contributed by atoms with Crippen LogP contribution in [0.2, 0.25) is 10.0 Å². The first-order chi connectivity index (χ1) is 11.1. The van der Waals surface area contributed by atoms with E-state index < -0.39 is 0 Å². The highest BCUT2D eigenvalue weighted by Crippen LogP contribution is 2.42. The van der Waals surface area contributed by atoms with Gasteiger partial charge in [-0.3, -0.25) is 0 Å². The van der Waals surface area contributed by atoms with Crippen LogP contribution in [0.25, 0.3) is 0 Å². The number of ether oxygens (including phenoxy) is 2. The number of hydrogen-bond acceptors (Lipinski definition) is 2. The lowest BCUT2D eigenvalue weighted by atomic mass is 10.1. The van der Waals surface area contributed by atoms with Gasteiger partial charge in [0, 0.05) is 21.2 Å². The van der Waals surface area contributed by atoms with Gasteiger partial charge in [0.05, 0.1) is 6.61 Å². The van der Waals surface area contributed by atoms with Crippen molar-refractivity contribution >= 4 is 23.2 Å². The molecule has 0 aliphatic carbocycles. The summed E-state index contributed by atoms with van der Waals surface area (Å²) in [5, 5.41) is 1.25. The minimum atomic E-state index is -0.0101. The molecular formula is C19H16Cl2O2. The second kappa shape index (κ2) is 7.38. The van der Waals surface area contributed by atoms with Gasteiger partial charge < -0.3 is 9.47 Å². The average Bonchev–Trinajstić information content (AvgIpc) is 3.28. The molecule has 0 radical (unpaired) electrons. The minimum absolute atomic E-state index is 0.0101. The summed E-state index contributed by atoms with van der Waals surface area (Å²) < 4.78 is 11.2. The zero-order valence-electron chi connectivity index (χ0n) is 12.7. The summed E-state index contributed by atoms with van der Waals surface area (Å²) in [4.78, 5) is 0. The maximum absolute atomic E-state index is 6.17. The smallest absolute Gasteiger partial charge is 0.113 e. The summed E-state index contributed by atoms with van der Waals surface area (Å²) >= 11 is 12.1. The second-order valence-corrected chi connectivity index (χ2v) is 6.24. The van der Waals surface area contributed by atoms with E-state index in [-0.39, 0.29) is 12.2 Å². The van der Waals surface area contributed by atoms with Crippen LogP contribution in [-0.2, 0) is 9.47 Å². The zero-order chi connectivity index (χ0) is 16.2. The molecule has 23 heavy (non-hydrogen) atoms. The van der Waals surface area contributed by atoms with Crippen LogP contribution in [0.3, 0.4) is 0 Å². The van der Waals surface area contributed by atoms with Crippen molar-refractivity contribution < 1.29 is 9.47 Å². The average molecular weight is 347 g/mol. The maximum atomic E-state index is 6.17. The summed E-state index contributed by atoms with van der Waals surface area (Å²) in [5.74, 6) is 6.14.